The van der Waals surface area contributed by atoms with Gasteiger partial charge in [-0.15, -0.1) is 5.10 Å². The highest BCUT2D eigenvalue weighted by atomic mass is 127. The minimum absolute atomic E-state index is 0.159. The van der Waals surface area contributed by atoms with E-state index in [4.69, 9.17) is 11.6 Å². The average molecular weight is 364 g/mol. The van der Waals surface area contributed by atoms with E-state index in [0.29, 0.717) is 10.6 Å². The van der Waals surface area contributed by atoms with Crippen molar-refractivity contribution < 1.29 is 4.79 Å². The molecule has 0 saturated carbocycles. The predicted octanol–water partition coefficient (Wildman–Crippen LogP) is 1.72. The Balaban J connectivity index is 2.17. The molecule has 0 aliphatic heterocycles. The number of hydrogen-bond donors (Lipinski definition) is 1. The SMILES string of the molecule is Cn1nnc(NC(=O)c2ccc(I)c(Cl)c2)n1. The molecule has 1 amide bonds. The molecule has 0 saturated heterocycles. The summed E-state index contributed by atoms with van der Waals surface area (Å²) in [5, 5.41) is 14.2. The van der Waals surface area contributed by atoms with Crippen molar-refractivity contribution in [1.29, 1.82) is 0 Å². The van der Waals surface area contributed by atoms with E-state index in [2.05, 4.69) is 43.3 Å². The van der Waals surface area contributed by atoms with Gasteiger partial charge in [0.2, 0.25) is 0 Å². The lowest BCUT2D eigenvalue weighted by Gasteiger charge is -2.02. The normalized spacial score (nSPS) is 10.3. The molecule has 0 atom stereocenters. The Bertz CT molecular complexity index is 570. The van der Waals surface area contributed by atoms with Crippen LogP contribution in [0.25, 0.3) is 0 Å². The van der Waals surface area contributed by atoms with Gasteiger partial charge in [0.15, 0.2) is 0 Å². The summed E-state index contributed by atoms with van der Waals surface area (Å²) in [6, 6.07) is 5.04. The Morgan fingerprint density at radius 2 is 2.29 bits per heavy atom. The Kier molecular flexibility index (Phi) is 3.57. The summed E-state index contributed by atoms with van der Waals surface area (Å²) in [6.45, 7) is 0. The lowest BCUT2D eigenvalue weighted by molar-refractivity contribution is 0.102. The van der Waals surface area contributed by atoms with Crippen LogP contribution in [-0.2, 0) is 7.05 Å². The van der Waals surface area contributed by atoms with Crippen molar-refractivity contribution >= 4 is 46.0 Å². The quantitative estimate of drug-likeness (QED) is 0.825. The Morgan fingerprint density at radius 1 is 1.53 bits per heavy atom. The van der Waals surface area contributed by atoms with Gasteiger partial charge in [-0.05, 0) is 46.0 Å². The monoisotopic (exact) mass is 363 g/mol. The number of halogens is 2. The van der Waals surface area contributed by atoms with Gasteiger partial charge in [0.25, 0.3) is 11.9 Å². The first-order valence-corrected chi connectivity index (χ1v) is 6.02. The van der Waals surface area contributed by atoms with Crippen LogP contribution in [0.15, 0.2) is 18.2 Å². The van der Waals surface area contributed by atoms with Crippen LogP contribution in [0.4, 0.5) is 5.95 Å². The van der Waals surface area contributed by atoms with Gasteiger partial charge in [-0.1, -0.05) is 16.7 Å². The van der Waals surface area contributed by atoms with E-state index < -0.39 is 0 Å². The molecule has 0 aliphatic carbocycles. The maximum absolute atomic E-state index is 11.8. The molecule has 1 aromatic carbocycles. The maximum Gasteiger partial charge on any atom is 0.270 e. The lowest BCUT2D eigenvalue weighted by Crippen LogP contribution is -2.13. The zero-order valence-corrected chi connectivity index (χ0v) is 11.6. The fraction of sp³-hybridized carbons (Fsp3) is 0.111. The van der Waals surface area contributed by atoms with E-state index >= 15 is 0 Å². The molecule has 8 heteroatoms. The van der Waals surface area contributed by atoms with Crippen molar-refractivity contribution in [2.75, 3.05) is 5.32 Å². The number of nitrogens with zero attached hydrogens (tertiary/aromatic N) is 4. The molecule has 17 heavy (non-hydrogen) atoms. The molecule has 0 fully saturated rings. The van der Waals surface area contributed by atoms with Crippen LogP contribution in [0.5, 0.6) is 0 Å². The second-order valence-corrected chi connectivity index (χ2v) is 4.75. The molecule has 1 heterocycles. The first kappa shape index (κ1) is 12.2. The largest absolute Gasteiger partial charge is 0.288 e. The molecular weight excluding hydrogens is 356 g/mol. The number of benzene rings is 1. The molecule has 0 aliphatic rings. The molecule has 2 aromatic rings. The Labute approximate surface area is 115 Å². The van der Waals surface area contributed by atoms with Gasteiger partial charge < -0.3 is 0 Å². The van der Waals surface area contributed by atoms with E-state index in [0.717, 1.165) is 3.57 Å². The fourth-order valence-electron chi connectivity index (χ4n) is 1.15. The molecule has 0 spiro atoms. The molecule has 88 valence electrons. The standard InChI is InChI=1S/C9H7ClIN5O/c1-16-14-9(13-15-16)12-8(17)5-2-3-7(11)6(10)4-5/h2-4H,1H3,(H,12,14,17). The van der Waals surface area contributed by atoms with Crippen LogP contribution in [0.1, 0.15) is 10.4 Å². The van der Waals surface area contributed by atoms with E-state index in [-0.39, 0.29) is 11.9 Å². The molecule has 6 nitrogen and oxygen atoms in total. The second-order valence-electron chi connectivity index (χ2n) is 3.19. The minimum Gasteiger partial charge on any atom is -0.288 e. The molecular formula is C9H7ClIN5O. The summed E-state index contributed by atoms with van der Waals surface area (Å²) >= 11 is 8.02. The molecule has 0 bridgehead atoms. The van der Waals surface area contributed by atoms with Crippen molar-refractivity contribution in [2.24, 2.45) is 7.05 Å². The number of hydrogen-bond acceptors (Lipinski definition) is 4. The van der Waals surface area contributed by atoms with Crippen LogP contribution in [0, 0.1) is 3.57 Å². The molecule has 2 rings (SSSR count). The third-order valence-electron chi connectivity index (χ3n) is 1.92. The highest BCUT2D eigenvalue weighted by molar-refractivity contribution is 14.1. The van der Waals surface area contributed by atoms with Gasteiger partial charge in [-0.2, -0.15) is 4.80 Å². The number of carbonyl (C=O) groups is 1. The van der Waals surface area contributed by atoms with Crippen molar-refractivity contribution in [3.8, 4) is 0 Å². The molecule has 0 radical (unpaired) electrons. The van der Waals surface area contributed by atoms with Gasteiger partial charge in [0, 0.05) is 9.13 Å². The topological polar surface area (TPSA) is 72.7 Å². The number of aromatic nitrogens is 4. The third kappa shape index (κ3) is 2.91. The molecule has 0 unspecified atom stereocenters. The van der Waals surface area contributed by atoms with Crippen LogP contribution in [-0.4, -0.2) is 26.1 Å². The van der Waals surface area contributed by atoms with Gasteiger partial charge in [0.1, 0.15) is 0 Å². The number of nitrogens with one attached hydrogen (secondary N) is 1. The number of amides is 1. The number of carbonyl (C=O) groups excluding carboxylic acids is 1. The summed E-state index contributed by atoms with van der Waals surface area (Å²) < 4.78 is 0.887. The van der Waals surface area contributed by atoms with E-state index in [1.807, 2.05) is 0 Å². The smallest absolute Gasteiger partial charge is 0.270 e. The minimum atomic E-state index is -0.323. The highest BCUT2D eigenvalue weighted by Gasteiger charge is 2.10. The number of anilines is 1. The first-order valence-electron chi connectivity index (χ1n) is 4.56. The van der Waals surface area contributed by atoms with E-state index in [1.54, 1.807) is 25.2 Å². The van der Waals surface area contributed by atoms with Crippen LogP contribution in [0.3, 0.4) is 0 Å². The van der Waals surface area contributed by atoms with E-state index in [1.165, 1.54) is 4.80 Å². The van der Waals surface area contributed by atoms with Gasteiger partial charge in [-0.25, -0.2) is 0 Å². The molecule has 1 aromatic heterocycles. The number of aryl methyl sites for hydroxylation is 1. The van der Waals surface area contributed by atoms with Crippen molar-refractivity contribution in [3.63, 3.8) is 0 Å². The fourth-order valence-corrected chi connectivity index (χ4v) is 1.66. The second kappa shape index (κ2) is 4.96. The Morgan fingerprint density at radius 3 is 2.88 bits per heavy atom. The van der Waals surface area contributed by atoms with Crippen molar-refractivity contribution in [2.45, 2.75) is 0 Å². The summed E-state index contributed by atoms with van der Waals surface area (Å²) in [5.41, 5.74) is 0.447. The van der Waals surface area contributed by atoms with E-state index in [9.17, 15) is 4.79 Å². The van der Waals surface area contributed by atoms with Crippen LogP contribution >= 0.6 is 34.2 Å². The van der Waals surface area contributed by atoms with Gasteiger partial charge >= 0.3 is 0 Å². The maximum atomic E-state index is 11.8. The summed E-state index contributed by atoms with van der Waals surface area (Å²) in [6.07, 6.45) is 0. The molecule has 1 N–H and O–H groups in total. The zero-order chi connectivity index (χ0) is 12.4. The summed E-state index contributed by atoms with van der Waals surface area (Å²) in [4.78, 5) is 13.1. The van der Waals surface area contributed by atoms with Crippen molar-refractivity contribution in [3.05, 3.63) is 32.4 Å². The number of tetrazole rings is 1. The summed E-state index contributed by atoms with van der Waals surface area (Å²) in [5.74, 6) is -0.163. The average Bonchev–Trinajstić information content (AvgIpc) is 2.68. The lowest BCUT2D eigenvalue weighted by atomic mass is 10.2. The van der Waals surface area contributed by atoms with Crippen LogP contribution < -0.4 is 5.32 Å². The highest BCUT2D eigenvalue weighted by Crippen LogP contribution is 2.19. The number of rotatable bonds is 2. The summed E-state index contributed by atoms with van der Waals surface area (Å²) in [7, 11) is 1.62. The predicted molar refractivity (Wildman–Crippen MR) is 70.9 cm³/mol. The third-order valence-corrected chi connectivity index (χ3v) is 3.49. The zero-order valence-electron chi connectivity index (χ0n) is 8.69. The van der Waals surface area contributed by atoms with Crippen molar-refractivity contribution in [1.82, 2.24) is 20.2 Å². The van der Waals surface area contributed by atoms with Gasteiger partial charge in [-0.3, -0.25) is 10.1 Å². The first-order chi connectivity index (χ1) is 8.06. The van der Waals surface area contributed by atoms with Gasteiger partial charge in [0.05, 0.1) is 12.1 Å². The van der Waals surface area contributed by atoms with Crippen LogP contribution in [0.2, 0.25) is 5.02 Å². The Hall–Kier alpha value is -1.22.